The van der Waals surface area contributed by atoms with Crippen LogP contribution in [0.4, 0.5) is 0 Å². The lowest BCUT2D eigenvalue weighted by Crippen LogP contribution is -2.47. The number of hydrogen-bond donors (Lipinski definition) is 1. The molecule has 2 N–H and O–H groups in total. The highest BCUT2D eigenvalue weighted by molar-refractivity contribution is 5.91. The summed E-state index contributed by atoms with van der Waals surface area (Å²) in [5.74, 6) is 1.65. The van der Waals surface area contributed by atoms with Crippen LogP contribution in [-0.2, 0) is 4.79 Å². The third-order valence-electron chi connectivity index (χ3n) is 7.88. The molecule has 5 rings (SSSR count). The lowest BCUT2D eigenvalue weighted by molar-refractivity contribution is -0.116. The van der Waals surface area contributed by atoms with Crippen LogP contribution >= 0.6 is 0 Å². The van der Waals surface area contributed by atoms with Crippen molar-refractivity contribution in [2.75, 3.05) is 7.05 Å². The van der Waals surface area contributed by atoms with Crippen molar-refractivity contribution in [1.82, 2.24) is 9.97 Å². The predicted octanol–water partition coefficient (Wildman–Crippen LogP) is 4.50. The molecule has 4 unspecified atom stereocenters. The van der Waals surface area contributed by atoms with Crippen molar-refractivity contribution >= 4 is 11.4 Å². The quantitative estimate of drug-likeness (QED) is 0.782. The summed E-state index contributed by atoms with van der Waals surface area (Å²) in [7, 11) is 1.50. The number of hydrogen-bond acceptors (Lipinski definition) is 4. The van der Waals surface area contributed by atoms with Gasteiger partial charge < -0.3 is 5.73 Å². The first-order valence-corrected chi connectivity index (χ1v) is 10.5. The van der Waals surface area contributed by atoms with Crippen LogP contribution in [0.2, 0.25) is 0 Å². The number of nitrogens with zero attached hydrogens (tertiary/aromatic N) is 2. The Morgan fingerprint density at radius 1 is 1.04 bits per heavy atom. The minimum Gasteiger partial charge on any atom is -0.333 e. The van der Waals surface area contributed by atoms with Crippen molar-refractivity contribution in [3.63, 3.8) is 0 Å². The van der Waals surface area contributed by atoms with Crippen molar-refractivity contribution in [2.45, 2.75) is 52.4 Å². The molecule has 0 aliphatic heterocycles. The second kappa shape index (κ2) is 7.07. The van der Waals surface area contributed by atoms with Gasteiger partial charge in [0.2, 0.25) is 0 Å². The fourth-order valence-electron chi connectivity index (χ4n) is 6.41. The highest BCUT2D eigenvalue weighted by Crippen LogP contribution is 2.65. The van der Waals surface area contributed by atoms with E-state index in [1.54, 1.807) is 11.9 Å². The molecule has 0 bridgehead atoms. The van der Waals surface area contributed by atoms with E-state index in [2.05, 4.69) is 41.7 Å². The summed E-state index contributed by atoms with van der Waals surface area (Å²) < 4.78 is 0. The van der Waals surface area contributed by atoms with E-state index in [1.807, 2.05) is 18.5 Å². The topological polar surface area (TPSA) is 68.9 Å². The van der Waals surface area contributed by atoms with Gasteiger partial charge in [0, 0.05) is 29.8 Å². The van der Waals surface area contributed by atoms with Crippen LogP contribution in [0.3, 0.4) is 0 Å². The van der Waals surface area contributed by atoms with Crippen molar-refractivity contribution in [3.05, 3.63) is 53.7 Å². The van der Waals surface area contributed by atoms with Crippen LogP contribution in [0, 0.1) is 22.7 Å². The average molecular weight is 378 g/mol. The van der Waals surface area contributed by atoms with Gasteiger partial charge in [0.05, 0.1) is 0 Å². The molecule has 1 aromatic rings. The van der Waals surface area contributed by atoms with Crippen LogP contribution < -0.4 is 5.73 Å². The molecule has 0 saturated heterocycles. The van der Waals surface area contributed by atoms with Gasteiger partial charge in [-0.25, -0.2) is 9.97 Å². The van der Waals surface area contributed by atoms with E-state index in [1.165, 1.54) is 37.5 Å². The molecular formula is C24H31N3O. The Bertz CT molecular complexity index is 869. The second-order valence-corrected chi connectivity index (χ2v) is 9.01. The van der Waals surface area contributed by atoms with Crippen LogP contribution in [-0.4, -0.2) is 22.8 Å². The Morgan fingerprint density at radius 3 is 2.54 bits per heavy atom. The molecule has 0 aromatic carbocycles. The van der Waals surface area contributed by atoms with Crippen molar-refractivity contribution < 1.29 is 4.79 Å². The Kier molecular flexibility index (Phi) is 4.86. The zero-order valence-corrected chi connectivity index (χ0v) is 17.2. The maximum absolute atomic E-state index is 11.9. The summed E-state index contributed by atoms with van der Waals surface area (Å²) in [4.78, 5) is 20.4. The van der Waals surface area contributed by atoms with Crippen LogP contribution in [0.1, 0.15) is 57.9 Å². The van der Waals surface area contributed by atoms with Gasteiger partial charge >= 0.3 is 0 Å². The Labute approximate surface area is 168 Å². The zero-order chi connectivity index (χ0) is 19.9. The Morgan fingerprint density at radius 2 is 1.79 bits per heavy atom. The standard InChI is InChI=1S/C23H26N2O.CH5N/c1-22-9-7-17(26)11-16(22)3-4-18-20-6-5-19(15-12-24-14-25-13-15)23(20,2)10-8-21(18)22;1-2/h5-6,11-14,18,21H,3-4,7-10H2,1-2H3;2H2,1H3. The molecule has 4 aliphatic carbocycles. The fraction of sp³-hybridized carbons (Fsp3) is 0.542. The van der Waals surface area contributed by atoms with Gasteiger partial charge in [-0.05, 0) is 68.1 Å². The monoisotopic (exact) mass is 377 g/mol. The van der Waals surface area contributed by atoms with Crippen LogP contribution in [0.15, 0.2) is 48.1 Å². The SMILES string of the molecule is CC12CCC3C(CCC4=CC(=O)CCC43C)C1=CC=C2c1cncnc1.CN. The van der Waals surface area contributed by atoms with E-state index in [-0.39, 0.29) is 10.8 Å². The molecule has 28 heavy (non-hydrogen) atoms. The van der Waals surface area contributed by atoms with Gasteiger partial charge in [0.1, 0.15) is 6.33 Å². The van der Waals surface area contributed by atoms with E-state index in [0.717, 1.165) is 24.8 Å². The van der Waals surface area contributed by atoms with Crippen LogP contribution in [0.5, 0.6) is 0 Å². The Hall–Kier alpha value is -2.07. The number of nitrogens with two attached hydrogens (primary N) is 1. The molecule has 1 aromatic heterocycles. The molecule has 4 aliphatic rings. The van der Waals surface area contributed by atoms with Gasteiger partial charge in [0.25, 0.3) is 0 Å². The molecule has 148 valence electrons. The van der Waals surface area contributed by atoms with Gasteiger partial charge in [-0.15, -0.1) is 0 Å². The number of rotatable bonds is 1. The maximum Gasteiger partial charge on any atom is 0.155 e. The van der Waals surface area contributed by atoms with Crippen molar-refractivity contribution in [3.8, 4) is 0 Å². The molecule has 1 heterocycles. The van der Waals surface area contributed by atoms with E-state index in [9.17, 15) is 4.79 Å². The molecule has 2 fully saturated rings. The predicted molar refractivity (Wildman–Crippen MR) is 112 cm³/mol. The Balaban J connectivity index is 0.000000932. The van der Waals surface area contributed by atoms with E-state index < -0.39 is 0 Å². The van der Waals surface area contributed by atoms with Crippen molar-refractivity contribution in [1.29, 1.82) is 0 Å². The van der Waals surface area contributed by atoms with Gasteiger partial charge in [-0.2, -0.15) is 0 Å². The number of carbonyl (C=O) groups is 1. The minimum absolute atomic E-state index is 0.119. The van der Waals surface area contributed by atoms with E-state index in [0.29, 0.717) is 17.6 Å². The summed E-state index contributed by atoms with van der Waals surface area (Å²) in [6, 6.07) is 0. The highest BCUT2D eigenvalue weighted by atomic mass is 16.1. The van der Waals surface area contributed by atoms with Gasteiger partial charge in [-0.3, -0.25) is 4.79 Å². The lowest BCUT2D eigenvalue weighted by Gasteiger charge is -2.56. The zero-order valence-electron chi connectivity index (χ0n) is 17.2. The maximum atomic E-state index is 11.9. The molecule has 4 atom stereocenters. The lowest BCUT2D eigenvalue weighted by atomic mass is 9.48. The summed E-state index contributed by atoms with van der Waals surface area (Å²) >= 11 is 0. The third-order valence-corrected chi connectivity index (χ3v) is 7.88. The first-order valence-electron chi connectivity index (χ1n) is 10.5. The van der Waals surface area contributed by atoms with E-state index >= 15 is 0 Å². The molecule has 0 radical (unpaired) electrons. The molecule has 4 nitrogen and oxygen atoms in total. The van der Waals surface area contributed by atoms with E-state index in [4.69, 9.17) is 0 Å². The largest absolute Gasteiger partial charge is 0.333 e. The summed E-state index contributed by atoms with van der Waals surface area (Å²) in [5, 5.41) is 0. The number of carbonyl (C=O) groups excluding carboxylic acids is 1. The van der Waals surface area contributed by atoms with Gasteiger partial charge in [-0.1, -0.05) is 37.1 Å². The molecular weight excluding hydrogens is 346 g/mol. The smallest absolute Gasteiger partial charge is 0.155 e. The summed E-state index contributed by atoms with van der Waals surface area (Å²) in [5.41, 5.74) is 10.4. The highest BCUT2D eigenvalue weighted by Gasteiger charge is 2.54. The minimum atomic E-state index is 0.119. The average Bonchev–Trinajstić information content (AvgIpc) is 3.08. The first-order chi connectivity index (χ1) is 13.5. The number of allylic oxidation sites excluding steroid dienone is 6. The van der Waals surface area contributed by atoms with Gasteiger partial charge in [0.15, 0.2) is 5.78 Å². The second-order valence-electron chi connectivity index (χ2n) is 9.01. The van der Waals surface area contributed by atoms with Crippen LogP contribution in [0.25, 0.3) is 5.57 Å². The number of ketones is 1. The fourth-order valence-corrected chi connectivity index (χ4v) is 6.41. The number of aromatic nitrogens is 2. The van der Waals surface area contributed by atoms with Crippen molar-refractivity contribution in [2.24, 2.45) is 28.4 Å². The molecule has 4 heteroatoms. The number of fused-ring (bicyclic) bond motifs is 5. The molecule has 0 amide bonds. The summed E-state index contributed by atoms with van der Waals surface area (Å²) in [6.45, 7) is 4.85. The molecule has 2 saturated carbocycles. The molecule has 0 spiro atoms. The normalized spacial score (nSPS) is 36.0. The first kappa shape index (κ1) is 19.3. The summed E-state index contributed by atoms with van der Waals surface area (Å²) in [6.07, 6.45) is 18.6. The third kappa shape index (κ3) is 2.73.